The second kappa shape index (κ2) is 16.5. The molecule has 1 aliphatic heterocycles. The lowest BCUT2D eigenvalue weighted by atomic mass is 10.1. The molecule has 0 saturated carbocycles. The molecule has 0 amide bonds. The highest BCUT2D eigenvalue weighted by molar-refractivity contribution is 6.94. The van der Waals surface area contributed by atoms with E-state index in [9.17, 15) is 0 Å². The van der Waals surface area contributed by atoms with Gasteiger partial charge in [0.2, 0.25) is 0 Å². The van der Waals surface area contributed by atoms with Gasteiger partial charge in [0.1, 0.15) is 45.4 Å². The Bertz CT molecular complexity index is 1690. The monoisotopic (exact) mass is 899 g/mol. The van der Waals surface area contributed by atoms with Crippen LogP contribution in [0, 0.1) is 0 Å². The number of rotatable bonds is 13. The Balaban J connectivity index is 2.64. The first-order valence-electron chi connectivity index (χ1n) is 21.8. The van der Waals surface area contributed by atoms with E-state index in [1.807, 2.05) is 0 Å². The predicted molar refractivity (Wildman–Crippen MR) is 259 cm³/mol. The first kappa shape index (κ1) is 51.1. The van der Waals surface area contributed by atoms with Crippen LogP contribution in [0.2, 0.25) is 94.3 Å². The number of halogens is 1. The van der Waals surface area contributed by atoms with Gasteiger partial charge >= 0.3 is 0 Å². The van der Waals surface area contributed by atoms with Gasteiger partial charge in [-0.3, -0.25) is 4.57 Å². The van der Waals surface area contributed by atoms with E-state index in [2.05, 4.69) is 182 Å². The van der Waals surface area contributed by atoms with Crippen molar-refractivity contribution in [3.8, 4) is 0 Å². The Morgan fingerprint density at radius 2 is 1.04 bits per heavy atom. The van der Waals surface area contributed by atoms with Gasteiger partial charge in [0, 0.05) is 0 Å². The van der Waals surface area contributed by atoms with Gasteiger partial charge in [0.05, 0.1) is 12.1 Å². The standard InChI is InChI=1S/C43H87ClN4O4Si5/c1-28(2)57(29(3)4,30(5)6)39-45-32-35(44)46-38(53(19,20)40(7,8)9)47-36(32)48(39)37-34(52-56(25,26)43(16,17)18)33(51-55(23,24)42(13,14)15)31(50-37)27-49-54(21,22)41(10,11)12/h28-31,33-34,37H,27H2,1-26H3/t31-,33-,34-,37-/m1/s1. The fourth-order valence-corrected chi connectivity index (χ4v) is 19.6. The van der Waals surface area contributed by atoms with Crippen LogP contribution < -0.4 is 10.9 Å². The Labute approximate surface area is 360 Å². The van der Waals surface area contributed by atoms with Crippen LogP contribution >= 0.6 is 11.6 Å². The van der Waals surface area contributed by atoms with Crippen LogP contribution in [0.3, 0.4) is 0 Å². The summed E-state index contributed by atoms with van der Waals surface area (Å²) in [6, 6.07) is 0. The summed E-state index contributed by atoms with van der Waals surface area (Å²) in [6.45, 7) is 61.2. The molecule has 57 heavy (non-hydrogen) atoms. The van der Waals surface area contributed by atoms with Gasteiger partial charge < -0.3 is 18.0 Å². The largest absolute Gasteiger partial charge is 0.414 e. The highest BCUT2D eigenvalue weighted by atomic mass is 35.5. The fraction of sp³-hybridized carbons (Fsp3) is 0.884. The van der Waals surface area contributed by atoms with Gasteiger partial charge in [-0.25, -0.2) is 15.0 Å². The third-order valence-electron chi connectivity index (χ3n) is 15.6. The van der Waals surface area contributed by atoms with Crippen molar-refractivity contribution in [1.29, 1.82) is 0 Å². The van der Waals surface area contributed by atoms with E-state index in [0.29, 0.717) is 33.9 Å². The summed E-state index contributed by atoms with van der Waals surface area (Å²) in [5.74, 6) is 0. The molecule has 8 nitrogen and oxygen atoms in total. The zero-order valence-electron chi connectivity index (χ0n) is 41.5. The molecule has 0 unspecified atom stereocenters. The van der Waals surface area contributed by atoms with Crippen LogP contribution in [0.25, 0.3) is 11.2 Å². The Morgan fingerprint density at radius 1 is 0.614 bits per heavy atom. The predicted octanol–water partition coefficient (Wildman–Crippen LogP) is 12.8. The Hall–Kier alpha value is -0.236. The fourth-order valence-electron chi connectivity index (χ4n) is 7.74. The number of fused-ring (bicyclic) bond motifs is 1. The maximum Gasteiger partial charge on any atom is 0.192 e. The lowest BCUT2D eigenvalue weighted by Gasteiger charge is -2.45. The quantitative estimate of drug-likeness (QED) is 0.146. The molecule has 0 aliphatic carbocycles. The second-order valence-corrected chi connectivity index (χ2v) is 50.1. The molecular weight excluding hydrogens is 812 g/mol. The molecule has 1 aliphatic rings. The van der Waals surface area contributed by atoms with Crippen molar-refractivity contribution in [3.05, 3.63) is 5.15 Å². The third kappa shape index (κ3) is 9.57. The van der Waals surface area contributed by atoms with Gasteiger partial charge in [0.15, 0.2) is 42.0 Å². The van der Waals surface area contributed by atoms with Gasteiger partial charge in [-0.2, -0.15) is 0 Å². The summed E-state index contributed by atoms with van der Waals surface area (Å²) in [6.07, 6.45) is -1.75. The SMILES string of the molecule is CC(C)[Si](c1nc2c(Cl)nc([Si](C)(C)C(C)(C)C)nc2n1[C@@H]1O[C@H](CO[Si](C)(C)C(C)(C)C)[C@@H](O[Si](C)(C)C(C)(C)C)[C@H]1O[Si](C)(C)C(C)(C)C)(C(C)C)C(C)C. The molecule has 0 radical (unpaired) electrons. The lowest BCUT2D eigenvalue weighted by molar-refractivity contribution is -0.0457. The molecule has 0 spiro atoms. The number of aromatic nitrogens is 4. The van der Waals surface area contributed by atoms with Gasteiger partial charge in [0.25, 0.3) is 0 Å². The van der Waals surface area contributed by atoms with Crippen molar-refractivity contribution < 1.29 is 18.0 Å². The van der Waals surface area contributed by atoms with E-state index in [0.717, 1.165) is 16.5 Å². The number of nitrogens with zero attached hydrogens (tertiary/aromatic N) is 4. The summed E-state index contributed by atoms with van der Waals surface area (Å²) in [7, 11) is -11.7. The molecule has 1 saturated heterocycles. The highest BCUT2D eigenvalue weighted by Crippen LogP contribution is 2.49. The molecule has 0 N–H and O–H groups in total. The van der Waals surface area contributed by atoms with E-state index >= 15 is 0 Å². The number of hydrogen-bond donors (Lipinski definition) is 0. The Morgan fingerprint density at radius 3 is 1.42 bits per heavy atom. The maximum absolute atomic E-state index is 7.75. The number of hydrogen-bond acceptors (Lipinski definition) is 7. The second-order valence-electron chi connectivity index (χ2n) is 24.4. The summed E-state index contributed by atoms with van der Waals surface area (Å²) in [4.78, 5) is 16.3. The van der Waals surface area contributed by atoms with Crippen molar-refractivity contribution in [2.24, 2.45) is 0 Å². The molecule has 2 aromatic heterocycles. The van der Waals surface area contributed by atoms with E-state index in [1.165, 1.54) is 0 Å². The first-order chi connectivity index (χ1) is 25.2. The lowest BCUT2D eigenvalue weighted by Crippen LogP contribution is -2.61. The number of ether oxygens (including phenoxy) is 1. The highest BCUT2D eigenvalue weighted by Gasteiger charge is 2.58. The topological polar surface area (TPSA) is 80.5 Å². The molecule has 3 heterocycles. The molecule has 3 rings (SSSR count). The zero-order valence-corrected chi connectivity index (χ0v) is 47.3. The van der Waals surface area contributed by atoms with Crippen molar-refractivity contribution >= 4 is 74.8 Å². The zero-order chi connectivity index (χ0) is 44.7. The molecule has 14 heteroatoms. The van der Waals surface area contributed by atoms with E-state index in [-0.39, 0.29) is 32.4 Å². The van der Waals surface area contributed by atoms with Crippen LogP contribution in [0.5, 0.6) is 0 Å². The average Bonchev–Trinajstić information content (AvgIpc) is 3.51. The average molecular weight is 900 g/mol. The van der Waals surface area contributed by atoms with Crippen LogP contribution in [0.15, 0.2) is 0 Å². The minimum Gasteiger partial charge on any atom is -0.414 e. The van der Waals surface area contributed by atoms with Crippen molar-refractivity contribution in [1.82, 2.24) is 19.5 Å². The van der Waals surface area contributed by atoms with Gasteiger partial charge in [-0.05, 0) is 76.1 Å². The minimum atomic E-state index is -2.48. The maximum atomic E-state index is 7.75. The summed E-state index contributed by atoms with van der Waals surface area (Å²) < 4.78 is 32.5. The molecule has 2 aromatic rings. The van der Waals surface area contributed by atoms with Crippen molar-refractivity contribution in [2.75, 3.05) is 6.61 Å². The smallest absolute Gasteiger partial charge is 0.192 e. The van der Waals surface area contributed by atoms with E-state index in [1.54, 1.807) is 0 Å². The minimum absolute atomic E-state index is 0.00386. The van der Waals surface area contributed by atoms with Crippen LogP contribution in [-0.2, 0) is 18.0 Å². The molecule has 4 atom stereocenters. The molecule has 330 valence electrons. The first-order valence-corrected chi connectivity index (χ1v) is 36.2. The normalized spacial score (nSPS) is 21.6. The molecule has 1 fully saturated rings. The summed E-state index contributed by atoms with van der Waals surface area (Å²) >= 11 is 7.35. The van der Waals surface area contributed by atoms with E-state index in [4.69, 9.17) is 44.6 Å². The van der Waals surface area contributed by atoms with Crippen molar-refractivity contribution in [3.63, 3.8) is 0 Å². The Kier molecular flexibility index (Phi) is 14.8. The molecular formula is C43H87ClN4O4Si5. The van der Waals surface area contributed by atoms with E-state index < -0.39 is 53.4 Å². The number of imidazole rings is 1. The molecule has 0 bridgehead atoms. The van der Waals surface area contributed by atoms with Crippen LogP contribution in [-0.4, -0.2) is 85.5 Å². The van der Waals surface area contributed by atoms with Gasteiger partial charge in [-0.15, -0.1) is 0 Å². The van der Waals surface area contributed by atoms with Crippen molar-refractivity contribution in [2.45, 2.75) is 238 Å². The third-order valence-corrected chi connectivity index (χ3v) is 41.3. The summed E-state index contributed by atoms with van der Waals surface area (Å²) in [5, 5.41) is 0.373. The van der Waals surface area contributed by atoms with Crippen LogP contribution in [0.4, 0.5) is 0 Å². The molecule has 0 aromatic carbocycles. The van der Waals surface area contributed by atoms with Crippen LogP contribution in [0.1, 0.15) is 131 Å². The van der Waals surface area contributed by atoms with Gasteiger partial charge in [-0.1, -0.05) is 149 Å². The summed E-state index contributed by atoms with van der Waals surface area (Å²) in [5.41, 5.74) is 4.46.